The summed E-state index contributed by atoms with van der Waals surface area (Å²) in [6.07, 6.45) is 4.99. The Kier molecular flexibility index (Phi) is 3.98. The van der Waals surface area contributed by atoms with Crippen LogP contribution in [-0.2, 0) is 9.59 Å². The van der Waals surface area contributed by atoms with Crippen molar-refractivity contribution in [1.29, 1.82) is 0 Å². The van der Waals surface area contributed by atoms with Crippen LogP contribution in [0.1, 0.15) is 16.8 Å². The quantitative estimate of drug-likeness (QED) is 0.315. The van der Waals surface area contributed by atoms with Crippen molar-refractivity contribution in [3.63, 3.8) is 0 Å². The van der Waals surface area contributed by atoms with Gasteiger partial charge in [-0.25, -0.2) is 9.69 Å². The summed E-state index contributed by atoms with van der Waals surface area (Å²) in [5, 5.41) is 0. The molecule has 2 aromatic carbocycles. The largest absolute Gasteiger partial charge is 0.421 e. The van der Waals surface area contributed by atoms with E-state index < -0.39 is 5.97 Å². The van der Waals surface area contributed by atoms with Crippen LogP contribution in [0.4, 0.5) is 5.69 Å². The van der Waals surface area contributed by atoms with E-state index in [2.05, 4.69) is 28.1 Å². The van der Waals surface area contributed by atoms with Gasteiger partial charge in [0.25, 0.3) is 0 Å². The average molecular weight is 438 g/mol. The number of halogens is 1. The first-order valence-electron chi connectivity index (χ1n) is 9.17. The fraction of sp³-hybridized carbons (Fsp3) is 0.227. The summed E-state index contributed by atoms with van der Waals surface area (Å²) in [6, 6.07) is 13.5. The first-order valence-corrected chi connectivity index (χ1v) is 9.97. The Morgan fingerprint density at radius 1 is 0.929 bits per heavy atom. The van der Waals surface area contributed by atoms with Crippen LogP contribution < -0.4 is 9.64 Å². The molecule has 5 nitrogen and oxygen atoms in total. The highest BCUT2D eigenvalue weighted by molar-refractivity contribution is 9.10. The van der Waals surface area contributed by atoms with Gasteiger partial charge in [0.1, 0.15) is 0 Å². The molecule has 140 valence electrons. The minimum absolute atomic E-state index is 0.133. The third-order valence-corrected chi connectivity index (χ3v) is 6.39. The molecule has 1 heterocycles. The zero-order valence-electron chi connectivity index (χ0n) is 14.7. The van der Waals surface area contributed by atoms with E-state index in [1.165, 1.54) is 4.90 Å². The summed E-state index contributed by atoms with van der Waals surface area (Å²) in [6.45, 7) is 0. The van der Waals surface area contributed by atoms with Crippen molar-refractivity contribution < 1.29 is 19.1 Å². The minimum atomic E-state index is -0.541. The van der Waals surface area contributed by atoms with Crippen molar-refractivity contribution in [2.45, 2.75) is 6.42 Å². The highest BCUT2D eigenvalue weighted by atomic mass is 79.9. The van der Waals surface area contributed by atoms with E-state index in [1.54, 1.807) is 48.5 Å². The van der Waals surface area contributed by atoms with Crippen molar-refractivity contribution in [3.05, 3.63) is 70.7 Å². The average Bonchev–Trinajstić information content (AvgIpc) is 3.37. The number of imide groups is 1. The van der Waals surface area contributed by atoms with Gasteiger partial charge in [-0.2, -0.15) is 0 Å². The first-order chi connectivity index (χ1) is 13.5. The molecule has 5 rings (SSSR count). The Hall–Kier alpha value is -2.73. The van der Waals surface area contributed by atoms with Gasteiger partial charge in [-0.05, 0) is 54.7 Å². The smallest absolute Gasteiger partial charge is 0.343 e. The maximum absolute atomic E-state index is 13.1. The number of rotatable bonds is 3. The second kappa shape index (κ2) is 6.41. The maximum Gasteiger partial charge on any atom is 0.343 e. The second-order valence-electron chi connectivity index (χ2n) is 7.38. The molecule has 2 aliphatic carbocycles. The molecule has 6 heteroatoms. The number of fused-ring (bicyclic) bond motifs is 5. The van der Waals surface area contributed by atoms with E-state index >= 15 is 0 Å². The first kappa shape index (κ1) is 17.4. The van der Waals surface area contributed by atoms with Crippen LogP contribution in [0, 0.1) is 23.7 Å². The number of ether oxygens (including phenoxy) is 1. The summed E-state index contributed by atoms with van der Waals surface area (Å²) in [5.74, 6) is -1.05. The number of hydrogen-bond acceptors (Lipinski definition) is 4. The van der Waals surface area contributed by atoms with Gasteiger partial charge >= 0.3 is 5.97 Å². The van der Waals surface area contributed by atoms with E-state index in [4.69, 9.17) is 4.74 Å². The fourth-order valence-electron chi connectivity index (χ4n) is 4.61. The Morgan fingerprint density at radius 3 is 2.18 bits per heavy atom. The SMILES string of the molecule is O=C(Oc1ccccc1N1C(=O)[C@@H]2[C@H](C1=O)[C@H]1C=C[C@H]2C1)c1ccc(Br)cc1. The molecular weight excluding hydrogens is 422 g/mol. The van der Waals surface area contributed by atoms with Crippen molar-refractivity contribution in [2.75, 3.05) is 4.90 Å². The zero-order valence-corrected chi connectivity index (χ0v) is 16.3. The molecule has 4 atom stereocenters. The molecule has 2 fully saturated rings. The summed E-state index contributed by atoms with van der Waals surface area (Å²) < 4.78 is 6.41. The molecule has 3 aliphatic rings. The molecule has 1 aliphatic heterocycles. The van der Waals surface area contributed by atoms with Crippen LogP contribution in [0.3, 0.4) is 0 Å². The van der Waals surface area contributed by atoms with Crippen LogP contribution in [0.5, 0.6) is 5.75 Å². The molecule has 28 heavy (non-hydrogen) atoms. The van der Waals surface area contributed by atoms with E-state index in [-0.39, 0.29) is 41.2 Å². The summed E-state index contributed by atoms with van der Waals surface area (Å²) >= 11 is 3.33. The molecule has 0 radical (unpaired) electrons. The zero-order chi connectivity index (χ0) is 19.4. The van der Waals surface area contributed by atoms with Crippen LogP contribution in [0.2, 0.25) is 0 Å². The summed E-state index contributed by atoms with van der Waals surface area (Å²) in [5.41, 5.74) is 0.716. The van der Waals surface area contributed by atoms with Crippen molar-refractivity contribution in [3.8, 4) is 5.75 Å². The Morgan fingerprint density at radius 2 is 1.54 bits per heavy atom. The molecule has 1 saturated heterocycles. The van der Waals surface area contributed by atoms with E-state index in [0.29, 0.717) is 11.3 Å². The Bertz CT molecular complexity index is 999. The standard InChI is InChI=1S/C22H16BrNO4/c23-15-9-7-12(8-10-15)22(27)28-17-4-2-1-3-16(17)24-20(25)18-13-5-6-14(11-13)19(18)21(24)26/h1-10,13-14,18-19H,11H2/t13-,14-,18-,19+/m0/s1. The second-order valence-corrected chi connectivity index (χ2v) is 8.29. The van der Waals surface area contributed by atoms with Gasteiger partial charge in [-0.1, -0.05) is 40.2 Å². The predicted molar refractivity (Wildman–Crippen MR) is 106 cm³/mol. The number of benzene rings is 2. The lowest BCUT2D eigenvalue weighted by Gasteiger charge is -2.20. The fourth-order valence-corrected chi connectivity index (χ4v) is 4.88. The Balaban J connectivity index is 1.46. The maximum atomic E-state index is 13.1. The molecule has 2 amide bonds. The number of anilines is 1. The monoisotopic (exact) mass is 437 g/mol. The van der Waals surface area contributed by atoms with Crippen molar-refractivity contribution in [2.24, 2.45) is 23.7 Å². The van der Waals surface area contributed by atoms with Gasteiger partial charge < -0.3 is 4.74 Å². The van der Waals surface area contributed by atoms with Crippen LogP contribution in [0.15, 0.2) is 65.2 Å². The molecule has 2 bridgehead atoms. The topological polar surface area (TPSA) is 63.7 Å². The molecule has 1 saturated carbocycles. The lowest BCUT2D eigenvalue weighted by Crippen LogP contribution is -2.33. The van der Waals surface area contributed by atoms with Crippen molar-refractivity contribution >= 4 is 39.4 Å². The highest BCUT2D eigenvalue weighted by Crippen LogP contribution is 2.53. The van der Waals surface area contributed by atoms with E-state index in [1.807, 2.05) is 0 Å². The van der Waals surface area contributed by atoms with Gasteiger partial charge in [0.05, 0.1) is 23.1 Å². The number of para-hydroxylation sites is 2. The van der Waals surface area contributed by atoms with Crippen LogP contribution in [-0.4, -0.2) is 17.8 Å². The van der Waals surface area contributed by atoms with Crippen LogP contribution >= 0.6 is 15.9 Å². The number of nitrogens with zero attached hydrogens (tertiary/aromatic N) is 1. The van der Waals surface area contributed by atoms with E-state index in [9.17, 15) is 14.4 Å². The summed E-state index contributed by atoms with van der Waals surface area (Å²) in [4.78, 5) is 39.9. The molecule has 2 aromatic rings. The molecule has 0 spiro atoms. The number of carbonyl (C=O) groups is 3. The highest BCUT2D eigenvalue weighted by Gasteiger charge is 2.59. The lowest BCUT2D eigenvalue weighted by atomic mass is 9.85. The third kappa shape index (κ3) is 2.55. The summed E-state index contributed by atoms with van der Waals surface area (Å²) in [7, 11) is 0. The van der Waals surface area contributed by atoms with Gasteiger partial charge in [0.2, 0.25) is 11.8 Å². The number of allylic oxidation sites excluding steroid dienone is 2. The number of esters is 1. The molecule has 0 aromatic heterocycles. The third-order valence-electron chi connectivity index (χ3n) is 5.86. The minimum Gasteiger partial charge on any atom is -0.421 e. The Labute approximate surface area is 170 Å². The molecule has 0 N–H and O–H groups in total. The van der Waals surface area contributed by atoms with Gasteiger partial charge in [0, 0.05) is 4.47 Å². The van der Waals surface area contributed by atoms with Crippen molar-refractivity contribution in [1.82, 2.24) is 0 Å². The predicted octanol–water partition coefficient (Wildman–Crippen LogP) is 3.98. The molecular formula is C22H16BrNO4. The normalized spacial score (nSPS) is 27.4. The van der Waals surface area contributed by atoms with Gasteiger partial charge in [-0.15, -0.1) is 0 Å². The number of carbonyl (C=O) groups excluding carboxylic acids is 3. The number of hydrogen-bond donors (Lipinski definition) is 0. The number of amides is 2. The van der Waals surface area contributed by atoms with E-state index in [0.717, 1.165) is 10.9 Å². The van der Waals surface area contributed by atoms with Crippen LogP contribution in [0.25, 0.3) is 0 Å². The van der Waals surface area contributed by atoms with Gasteiger partial charge in [0.15, 0.2) is 5.75 Å². The lowest BCUT2D eigenvalue weighted by molar-refractivity contribution is -0.123. The molecule has 0 unspecified atom stereocenters. The van der Waals surface area contributed by atoms with Gasteiger partial charge in [-0.3, -0.25) is 9.59 Å².